The van der Waals surface area contributed by atoms with Gasteiger partial charge in [0.25, 0.3) is 0 Å². The summed E-state index contributed by atoms with van der Waals surface area (Å²) in [5.41, 5.74) is 4.48. The third-order valence-electron chi connectivity index (χ3n) is 9.71. The second-order valence-electron chi connectivity index (χ2n) is 13.6. The van der Waals surface area contributed by atoms with Crippen LogP contribution in [0.4, 0.5) is 0 Å². The lowest BCUT2D eigenvalue weighted by atomic mass is 9.83. The van der Waals surface area contributed by atoms with E-state index in [1.807, 2.05) is 30.1 Å². The van der Waals surface area contributed by atoms with E-state index < -0.39 is 17.5 Å². The van der Waals surface area contributed by atoms with Crippen molar-refractivity contribution in [1.82, 2.24) is 20.9 Å². The van der Waals surface area contributed by atoms with Crippen LogP contribution in [0.3, 0.4) is 0 Å². The minimum absolute atomic E-state index is 0.0629. The fraction of sp³-hybridized carbons (Fsp3) is 0.500. The molecule has 8 nitrogen and oxygen atoms in total. The fourth-order valence-corrected chi connectivity index (χ4v) is 9.34. The first-order valence-electron chi connectivity index (χ1n) is 16.8. The highest BCUT2D eigenvalue weighted by molar-refractivity contribution is 7.99. The molecule has 0 aromatic heterocycles. The number of thioether (sulfide) groups is 1. The number of nitrogens with one attached hydrogen (secondary N) is 3. The standard InChI is InChI=1S/C38H44N4O4S2/c1-38(2)23-33-42(37(44)30(16-19-48-33)40-32(47)24-39-3)35(38)36(43)41-34-29-15-9-8-14-27(29)22-31(34)46-18-11-5-4-10-17-45-28-20-25-12-6-7-13-26(25)21-28/h6-9,12-15,28,30-31,33-35,39H,16-24H2,1-3H3,(H,40,47)(H,41,43)/t30-,31+,33-,34-,35+/m0/s1. The Balaban J connectivity index is 1.08. The molecule has 2 saturated heterocycles. The first kappa shape index (κ1) is 34.5. The topological polar surface area (TPSA) is 91.9 Å². The van der Waals surface area contributed by atoms with E-state index in [2.05, 4.69) is 83.8 Å². The molecular weight excluding hydrogens is 641 g/mol. The van der Waals surface area contributed by atoms with Crippen molar-refractivity contribution in [2.24, 2.45) is 5.41 Å². The SMILES string of the molecule is CNCC(=S)N[C@H]1CCS[C@H]2CC(C)(C)[C@@H](C(=O)N[C@H]3c4ccccc4C[C@H]3OCC#CC#CCOC3Cc4ccccc4C3)N2C1=O. The maximum absolute atomic E-state index is 14.3. The molecule has 5 atom stereocenters. The van der Waals surface area contributed by atoms with Gasteiger partial charge in [-0.25, -0.2) is 0 Å². The number of rotatable bonds is 9. The largest absolute Gasteiger partial charge is 0.367 e. The van der Waals surface area contributed by atoms with Gasteiger partial charge in [-0.1, -0.05) is 86.4 Å². The number of hydrogen-bond donors (Lipinski definition) is 3. The van der Waals surface area contributed by atoms with E-state index in [0.717, 1.165) is 36.1 Å². The van der Waals surface area contributed by atoms with Crippen LogP contribution in [0, 0.1) is 29.1 Å². The molecule has 10 heteroatoms. The van der Waals surface area contributed by atoms with E-state index in [1.54, 1.807) is 11.8 Å². The summed E-state index contributed by atoms with van der Waals surface area (Å²) in [7, 11) is 1.82. The monoisotopic (exact) mass is 684 g/mol. The lowest BCUT2D eigenvalue weighted by molar-refractivity contribution is -0.143. The summed E-state index contributed by atoms with van der Waals surface area (Å²) < 4.78 is 12.2. The Morgan fingerprint density at radius 1 is 0.979 bits per heavy atom. The van der Waals surface area contributed by atoms with Crippen LogP contribution >= 0.6 is 24.0 Å². The minimum atomic E-state index is -0.619. The van der Waals surface area contributed by atoms with Gasteiger partial charge in [0, 0.05) is 13.0 Å². The van der Waals surface area contributed by atoms with E-state index in [9.17, 15) is 9.59 Å². The molecule has 48 heavy (non-hydrogen) atoms. The van der Waals surface area contributed by atoms with Crippen molar-refractivity contribution in [3.63, 3.8) is 0 Å². The molecule has 0 saturated carbocycles. The second-order valence-corrected chi connectivity index (χ2v) is 15.3. The average Bonchev–Trinajstić information content (AvgIpc) is 3.69. The predicted molar refractivity (Wildman–Crippen MR) is 193 cm³/mol. The summed E-state index contributed by atoms with van der Waals surface area (Å²) in [6.45, 7) is 5.19. The fourth-order valence-electron chi connectivity index (χ4n) is 7.48. The maximum atomic E-state index is 14.3. The number of ether oxygens (including phenoxy) is 2. The lowest BCUT2D eigenvalue weighted by Gasteiger charge is -2.35. The Bertz CT molecular complexity index is 1630. The van der Waals surface area contributed by atoms with Crippen molar-refractivity contribution in [3.8, 4) is 23.7 Å². The van der Waals surface area contributed by atoms with Crippen molar-refractivity contribution in [1.29, 1.82) is 0 Å². The summed E-state index contributed by atoms with van der Waals surface area (Å²) in [5, 5.41) is 9.54. The van der Waals surface area contributed by atoms with Crippen molar-refractivity contribution in [2.75, 3.05) is 32.6 Å². The van der Waals surface area contributed by atoms with Crippen molar-refractivity contribution in [3.05, 3.63) is 70.8 Å². The molecule has 0 bridgehead atoms. The highest BCUT2D eigenvalue weighted by atomic mass is 32.2. The van der Waals surface area contributed by atoms with Gasteiger partial charge in [-0.05, 0) is 78.0 Å². The van der Waals surface area contributed by atoms with Crippen molar-refractivity contribution >= 4 is 40.8 Å². The number of benzene rings is 2. The van der Waals surface area contributed by atoms with Gasteiger partial charge in [-0.3, -0.25) is 9.59 Å². The van der Waals surface area contributed by atoms with Crippen LogP contribution in [-0.4, -0.2) is 83.9 Å². The number of hydrogen-bond acceptors (Lipinski definition) is 7. The molecule has 2 aromatic rings. The van der Waals surface area contributed by atoms with Crippen LogP contribution in [0.5, 0.6) is 0 Å². The van der Waals surface area contributed by atoms with Crippen molar-refractivity contribution < 1.29 is 19.1 Å². The highest BCUT2D eigenvalue weighted by Crippen LogP contribution is 2.47. The lowest BCUT2D eigenvalue weighted by Crippen LogP contribution is -2.57. The molecule has 2 aromatic carbocycles. The third-order valence-corrected chi connectivity index (χ3v) is 11.2. The van der Waals surface area contributed by atoms with Gasteiger partial charge in [0.15, 0.2) is 0 Å². The number of carbonyl (C=O) groups excluding carboxylic acids is 2. The summed E-state index contributed by atoms with van der Waals surface area (Å²) in [6.07, 6.45) is 3.80. The molecule has 4 aliphatic rings. The van der Waals surface area contributed by atoms with Crippen LogP contribution in [-0.2, 0) is 38.3 Å². The third kappa shape index (κ3) is 7.75. The van der Waals surface area contributed by atoms with E-state index >= 15 is 0 Å². The van der Waals surface area contributed by atoms with Crippen LogP contribution in [0.2, 0.25) is 0 Å². The Morgan fingerprint density at radius 2 is 1.65 bits per heavy atom. The molecule has 2 aliphatic heterocycles. The predicted octanol–water partition coefficient (Wildman–Crippen LogP) is 3.57. The number of nitrogens with zero attached hydrogens (tertiary/aromatic N) is 1. The highest BCUT2D eigenvalue weighted by Gasteiger charge is 2.55. The van der Waals surface area contributed by atoms with E-state index in [0.29, 0.717) is 31.0 Å². The molecule has 2 amide bonds. The molecule has 2 heterocycles. The van der Waals surface area contributed by atoms with E-state index in [1.165, 1.54) is 11.1 Å². The molecule has 252 valence electrons. The van der Waals surface area contributed by atoms with Crippen molar-refractivity contribution in [2.45, 2.75) is 81.7 Å². The Kier molecular flexibility index (Phi) is 11.1. The van der Waals surface area contributed by atoms with Crippen LogP contribution in [0.25, 0.3) is 0 Å². The van der Waals surface area contributed by atoms with Gasteiger partial charge in [-0.15, -0.1) is 11.8 Å². The smallest absolute Gasteiger partial charge is 0.246 e. The van der Waals surface area contributed by atoms with E-state index in [-0.39, 0.29) is 42.0 Å². The van der Waals surface area contributed by atoms with Gasteiger partial charge in [0.1, 0.15) is 25.3 Å². The Morgan fingerprint density at radius 3 is 2.35 bits per heavy atom. The zero-order valence-corrected chi connectivity index (χ0v) is 29.5. The summed E-state index contributed by atoms with van der Waals surface area (Å²) in [6, 6.07) is 15.1. The molecule has 0 unspecified atom stereocenters. The van der Waals surface area contributed by atoms with Crippen LogP contribution in [0.15, 0.2) is 48.5 Å². The summed E-state index contributed by atoms with van der Waals surface area (Å²) in [4.78, 5) is 30.7. The quantitative estimate of drug-likeness (QED) is 0.273. The second kappa shape index (κ2) is 15.4. The average molecular weight is 685 g/mol. The normalized spacial score (nSPS) is 25.4. The van der Waals surface area contributed by atoms with Gasteiger partial charge in [-0.2, -0.15) is 0 Å². The van der Waals surface area contributed by atoms with E-state index in [4.69, 9.17) is 21.7 Å². The van der Waals surface area contributed by atoms with Gasteiger partial charge in [0.2, 0.25) is 11.8 Å². The number of amides is 2. The molecule has 0 spiro atoms. The zero-order valence-electron chi connectivity index (χ0n) is 27.8. The molecule has 3 N–H and O–H groups in total. The molecule has 2 fully saturated rings. The number of fused-ring (bicyclic) bond motifs is 3. The maximum Gasteiger partial charge on any atom is 0.246 e. The minimum Gasteiger partial charge on any atom is -0.367 e. The first-order chi connectivity index (χ1) is 23.2. The van der Waals surface area contributed by atoms with Crippen LogP contribution < -0.4 is 16.0 Å². The zero-order chi connectivity index (χ0) is 33.7. The number of thiocarbonyl (C=S) groups is 1. The van der Waals surface area contributed by atoms with Gasteiger partial charge in [0.05, 0.1) is 28.6 Å². The first-order valence-corrected chi connectivity index (χ1v) is 18.2. The summed E-state index contributed by atoms with van der Waals surface area (Å²) >= 11 is 7.21. The molecule has 6 rings (SSSR count). The molecule has 0 radical (unpaired) electrons. The number of likely N-dealkylation sites (N-methyl/N-ethyl adjacent to an activating group) is 1. The molecule has 2 aliphatic carbocycles. The molecular formula is C38H44N4O4S2. The summed E-state index contributed by atoms with van der Waals surface area (Å²) in [5.74, 6) is 12.4. The van der Waals surface area contributed by atoms with Crippen LogP contribution in [0.1, 0.15) is 55.0 Å². The Hall–Kier alpha value is -3.38. The van der Waals surface area contributed by atoms with Gasteiger partial charge >= 0.3 is 0 Å². The number of carbonyl (C=O) groups is 2. The van der Waals surface area contributed by atoms with Gasteiger partial charge < -0.3 is 30.3 Å². The Labute approximate surface area is 293 Å².